The number of ether oxygens (including phenoxy) is 2. The van der Waals surface area contributed by atoms with Gasteiger partial charge in [0.15, 0.2) is 0 Å². The van der Waals surface area contributed by atoms with E-state index in [1.165, 1.54) is 0 Å². The zero-order valence-corrected chi connectivity index (χ0v) is 11.1. The van der Waals surface area contributed by atoms with Crippen LogP contribution < -0.4 is 0 Å². The molecule has 0 bridgehead atoms. The van der Waals surface area contributed by atoms with Gasteiger partial charge in [-0.3, -0.25) is 0 Å². The molecular formula is C12H28O4. The summed E-state index contributed by atoms with van der Waals surface area (Å²) in [5, 5.41) is 17.1. The largest absolute Gasteiger partial charge is 0.394 e. The highest BCUT2D eigenvalue weighted by Gasteiger charge is 2.00. The highest BCUT2D eigenvalue weighted by Crippen LogP contribution is 1.90. The van der Waals surface area contributed by atoms with Gasteiger partial charge in [-0.05, 0) is 26.7 Å². The van der Waals surface area contributed by atoms with Gasteiger partial charge in [-0.2, -0.15) is 0 Å². The van der Waals surface area contributed by atoms with Crippen molar-refractivity contribution in [2.75, 3.05) is 26.4 Å². The van der Waals surface area contributed by atoms with E-state index >= 15 is 0 Å². The molecule has 0 rings (SSSR count). The van der Waals surface area contributed by atoms with Crippen LogP contribution in [-0.4, -0.2) is 48.8 Å². The Bertz CT molecular complexity index is 114. The van der Waals surface area contributed by atoms with Gasteiger partial charge in [0.2, 0.25) is 0 Å². The van der Waals surface area contributed by atoms with Crippen molar-refractivity contribution in [1.82, 2.24) is 0 Å². The van der Waals surface area contributed by atoms with Crippen LogP contribution in [0.1, 0.15) is 40.5 Å². The van der Waals surface area contributed by atoms with Gasteiger partial charge in [-0.25, -0.2) is 0 Å². The van der Waals surface area contributed by atoms with E-state index in [4.69, 9.17) is 19.7 Å². The molecule has 16 heavy (non-hydrogen) atoms. The van der Waals surface area contributed by atoms with E-state index in [0.29, 0.717) is 6.61 Å². The van der Waals surface area contributed by atoms with Gasteiger partial charge in [0, 0.05) is 13.2 Å². The Balaban J connectivity index is 0. The fraction of sp³-hybridized carbons (Fsp3) is 1.00. The van der Waals surface area contributed by atoms with Gasteiger partial charge in [0.25, 0.3) is 0 Å². The second-order valence-electron chi connectivity index (χ2n) is 3.79. The maximum atomic E-state index is 8.69. The van der Waals surface area contributed by atoms with Crippen molar-refractivity contribution in [3.05, 3.63) is 0 Å². The zero-order valence-electron chi connectivity index (χ0n) is 11.1. The van der Waals surface area contributed by atoms with Crippen LogP contribution in [-0.2, 0) is 9.47 Å². The van der Waals surface area contributed by atoms with Gasteiger partial charge >= 0.3 is 0 Å². The molecule has 4 nitrogen and oxygen atoms in total. The van der Waals surface area contributed by atoms with Gasteiger partial charge in [-0.1, -0.05) is 13.8 Å². The Morgan fingerprint density at radius 1 is 1.06 bits per heavy atom. The van der Waals surface area contributed by atoms with Crippen molar-refractivity contribution in [2.24, 2.45) is 0 Å². The van der Waals surface area contributed by atoms with Gasteiger partial charge in [0.05, 0.1) is 25.4 Å². The lowest BCUT2D eigenvalue weighted by molar-refractivity contribution is -0.0177. The summed E-state index contributed by atoms with van der Waals surface area (Å²) in [6, 6.07) is 0. The quantitative estimate of drug-likeness (QED) is 0.628. The maximum absolute atomic E-state index is 8.69. The first kappa shape index (κ1) is 18.2. The molecule has 0 spiro atoms. The number of hydrogen-bond donors (Lipinski definition) is 2. The molecule has 0 aromatic rings. The van der Waals surface area contributed by atoms with E-state index in [0.717, 1.165) is 26.1 Å². The first-order valence-electron chi connectivity index (χ1n) is 6.06. The molecule has 0 saturated heterocycles. The Labute approximate surface area is 99.6 Å². The van der Waals surface area contributed by atoms with Gasteiger partial charge in [-0.15, -0.1) is 0 Å². The van der Waals surface area contributed by atoms with E-state index in [1.807, 2.05) is 0 Å². The Hall–Kier alpha value is -0.160. The molecule has 0 aliphatic rings. The normalized spacial score (nSPS) is 13.9. The molecule has 0 amide bonds. The first-order valence-corrected chi connectivity index (χ1v) is 6.06. The summed E-state index contributed by atoms with van der Waals surface area (Å²) in [6.45, 7) is 9.79. The van der Waals surface area contributed by atoms with Crippen molar-refractivity contribution < 1.29 is 19.7 Å². The molecule has 0 heterocycles. The molecule has 100 valence electrons. The topological polar surface area (TPSA) is 58.9 Å². The number of hydrogen-bond acceptors (Lipinski definition) is 4. The van der Waals surface area contributed by atoms with Crippen LogP contribution in [0.5, 0.6) is 0 Å². The van der Waals surface area contributed by atoms with Crippen molar-refractivity contribution in [1.29, 1.82) is 0 Å². The highest BCUT2D eigenvalue weighted by molar-refractivity contribution is 4.47. The minimum atomic E-state index is -0.445. The molecule has 0 aromatic carbocycles. The predicted octanol–water partition coefficient (Wildman–Crippen LogP) is 1.59. The van der Waals surface area contributed by atoms with Crippen LogP contribution in [0.15, 0.2) is 0 Å². The van der Waals surface area contributed by atoms with Crippen molar-refractivity contribution in [3.8, 4) is 0 Å². The van der Waals surface area contributed by atoms with E-state index in [2.05, 4.69) is 13.8 Å². The van der Waals surface area contributed by atoms with E-state index in [1.54, 1.807) is 13.8 Å². The lowest BCUT2D eigenvalue weighted by Crippen LogP contribution is -2.19. The molecule has 0 aliphatic heterocycles. The SMILES string of the molecule is CC(O)COC(C)CO.CCCOCCC. The average molecular weight is 236 g/mol. The Morgan fingerprint density at radius 3 is 1.88 bits per heavy atom. The summed E-state index contributed by atoms with van der Waals surface area (Å²) < 4.78 is 10.1. The third-order valence-corrected chi connectivity index (χ3v) is 1.58. The summed E-state index contributed by atoms with van der Waals surface area (Å²) in [4.78, 5) is 0. The van der Waals surface area contributed by atoms with Crippen LogP contribution in [0.2, 0.25) is 0 Å². The molecule has 0 saturated carbocycles. The van der Waals surface area contributed by atoms with E-state index in [-0.39, 0.29) is 12.7 Å². The summed E-state index contributed by atoms with van der Waals surface area (Å²) in [6.07, 6.45) is 1.67. The molecule has 2 atom stereocenters. The van der Waals surface area contributed by atoms with E-state index in [9.17, 15) is 0 Å². The Kier molecular flexibility index (Phi) is 16.9. The second kappa shape index (κ2) is 14.8. The smallest absolute Gasteiger partial charge is 0.0779 e. The molecule has 0 aliphatic carbocycles. The summed E-state index contributed by atoms with van der Waals surface area (Å²) >= 11 is 0. The number of aliphatic hydroxyl groups is 2. The molecule has 2 N–H and O–H groups in total. The molecule has 4 heteroatoms. The summed E-state index contributed by atoms with van der Waals surface area (Å²) in [5.74, 6) is 0. The van der Waals surface area contributed by atoms with Crippen LogP contribution in [0.3, 0.4) is 0 Å². The van der Waals surface area contributed by atoms with Crippen molar-refractivity contribution in [2.45, 2.75) is 52.7 Å². The predicted molar refractivity (Wildman–Crippen MR) is 65.6 cm³/mol. The molecular weight excluding hydrogens is 208 g/mol. The third kappa shape index (κ3) is 19.4. The molecule has 0 radical (unpaired) electrons. The first-order chi connectivity index (χ1) is 7.58. The molecule has 2 unspecified atom stereocenters. The van der Waals surface area contributed by atoms with Gasteiger partial charge < -0.3 is 19.7 Å². The average Bonchev–Trinajstić information content (AvgIpc) is 2.27. The molecule has 0 fully saturated rings. The monoisotopic (exact) mass is 236 g/mol. The standard InChI is InChI=1S/C6H14O3.C6H14O/c1-5(8)4-9-6(2)3-7;1-3-5-7-6-4-2/h5-8H,3-4H2,1-2H3;3-6H2,1-2H3. The highest BCUT2D eigenvalue weighted by atomic mass is 16.5. The minimum Gasteiger partial charge on any atom is -0.394 e. The second-order valence-corrected chi connectivity index (χ2v) is 3.79. The number of aliphatic hydroxyl groups excluding tert-OH is 2. The van der Waals surface area contributed by atoms with Crippen LogP contribution in [0.4, 0.5) is 0 Å². The van der Waals surface area contributed by atoms with Crippen molar-refractivity contribution in [3.63, 3.8) is 0 Å². The van der Waals surface area contributed by atoms with Crippen LogP contribution in [0, 0.1) is 0 Å². The number of rotatable bonds is 8. The minimum absolute atomic E-state index is 0.00667. The summed E-state index contributed by atoms with van der Waals surface area (Å²) in [7, 11) is 0. The molecule has 0 aromatic heterocycles. The summed E-state index contributed by atoms with van der Waals surface area (Å²) in [5.41, 5.74) is 0. The van der Waals surface area contributed by atoms with Gasteiger partial charge in [0.1, 0.15) is 0 Å². The van der Waals surface area contributed by atoms with Crippen LogP contribution >= 0.6 is 0 Å². The van der Waals surface area contributed by atoms with Crippen molar-refractivity contribution >= 4 is 0 Å². The maximum Gasteiger partial charge on any atom is 0.0779 e. The fourth-order valence-electron chi connectivity index (χ4n) is 0.747. The Morgan fingerprint density at radius 2 is 1.56 bits per heavy atom. The lowest BCUT2D eigenvalue weighted by atomic mass is 10.4. The van der Waals surface area contributed by atoms with Crippen LogP contribution in [0.25, 0.3) is 0 Å². The third-order valence-electron chi connectivity index (χ3n) is 1.58. The zero-order chi connectivity index (χ0) is 12.8. The fourth-order valence-corrected chi connectivity index (χ4v) is 0.747. The lowest BCUT2D eigenvalue weighted by Gasteiger charge is -2.10. The van der Waals surface area contributed by atoms with E-state index < -0.39 is 6.10 Å².